The van der Waals surface area contributed by atoms with E-state index in [0.29, 0.717) is 13.0 Å². The fourth-order valence-corrected chi connectivity index (χ4v) is 0.938. The fourth-order valence-electron chi connectivity index (χ4n) is 0.938. The van der Waals surface area contributed by atoms with Crippen LogP contribution in [0, 0.1) is 5.82 Å². The van der Waals surface area contributed by atoms with Crippen LogP contribution in [0.3, 0.4) is 0 Å². The highest BCUT2D eigenvalue weighted by molar-refractivity contribution is 5.09. The van der Waals surface area contributed by atoms with Gasteiger partial charge in [-0.3, -0.25) is 4.98 Å². The number of halogens is 1. The van der Waals surface area contributed by atoms with Crippen LogP contribution in [-0.2, 0) is 0 Å². The Morgan fingerprint density at radius 3 is 3.00 bits per heavy atom. The predicted octanol–water partition coefficient (Wildman–Crippen LogP) is 0.603. The van der Waals surface area contributed by atoms with Gasteiger partial charge in [0.25, 0.3) is 0 Å². The van der Waals surface area contributed by atoms with Crippen LogP contribution in [0.1, 0.15) is 18.2 Å². The van der Waals surface area contributed by atoms with Gasteiger partial charge in [0.1, 0.15) is 17.6 Å². The number of aromatic nitrogens is 1. The molecule has 1 aromatic heterocycles. The van der Waals surface area contributed by atoms with Gasteiger partial charge in [-0.25, -0.2) is 4.39 Å². The Morgan fingerprint density at radius 2 is 2.42 bits per heavy atom. The molecule has 1 atom stereocenters. The van der Waals surface area contributed by atoms with Crippen molar-refractivity contribution in [3.05, 3.63) is 29.8 Å². The van der Waals surface area contributed by atoms with E-state index in [9.17, 15) is 9.50 Å². The minimum Gasteiger partial charge on any atom is -0.387 e. The highest BCUT2D eigenvalue weighted by atomic mass is 19.1. The van der Waals surface area contributed by atoms with E-state index < -0.39 is 11.9 Å². The van der Waals surface area contributed by atoms with Crippen molar-refractivity contribution >= 4 is 0 Å². The summed E-state index contributed by atoms with van der Waals surface area (Å²) in [4.78, 5) is 3.72. The highest BCUT2D eigenvalue weighted by Crippen LogP contribution is 2.15. The van der Waals surface area contributed by atoms with E-state index in [1.165, 1.54) is 18.3 Å². The summed E-state index contributed by atoms with van der Waals surface area (Å²) in [5, 5.41) is 9.32. The Morgan fingerprint density at radius 1 is 1.67 bits per heavy atom. The van der Waals surface area contributed by atoms with Crippen LogP contribution in [-0.4, -0.2) is 16.6 Å². The third-order valence-corrected chi connectivity index (χ3v) is 1.54. The van der Waals surface area contributed by atoms with Crippen molar-refractivity contribution in [2.24, 2.45) is 5.73 Å². The van der Waals surface area contributed by atoms with Crippen LogP contribution in [0.25, 0.3) is 0 Å². The molecule has 66 valence electrons. The maximum atomic E-state index is 12.9. The number of nitrogens with two attached hydrogens (primary N) is 1. The van der Waals surface area contributed by atoms with E-state index in [2.05, 4.69) is 4.98 Å². The summed E-state index contributed by atoms with van der Waals surface area (Å²) in [5.74, 6) is -0.488. The molecule has 0 aliphatic carbocycles. The molecule has 0 aromatic carbocycles. The van der Waals surface area contributed by atoms with Crippen LogP contribution in [0.4, 0.5) is 4.39 Å². The summed E-state index contributed by atoms with van der Waals surface area (Å²) >= 11 is 0. The molecular formula is C8H11FN2O. The van der Waals surface area contributed by atoms with E-state index in [-0.39, 0.29) is 5.69 Å². The van der Waals surface area contributed by atoms with Crippen molar-refractivity contribution in [2.45, 2.75) is 12.5 Å². The fraction of sp³-hybridized carbons (Fsp3) is 0.375. The number of nitrogens with zero attached hydrogens (tertiary/aromatic N) is 1. The molecule has 0 saturated carbocycles. The van der Waals surface area contributed by atoms with Gasteiger partial charge in [-0.2, -0.15) is 0 Å². The minimum atomic E-state index is -0.892. The molecule has 0 saturated heterocycles. The number of rotatable bonds is 3. The minimum absolute atomic E-state index is 0.0722. The van der Waals surface area contributed by atoms with Crippen LogP contribution < -0.4 is 5.73 Å². The number of aliphatic hydroxyl groups excluding tert-OH is 1. The van der Waals surface area contributed by atoms with Crippen molar-refractivity contribution in [3.63, 3.8) is 0 Å². The molecule has 0 spiro atoms. The molecule has 4 heteroatoms. The van der Waals surface area contributed by atoms with Gasteiger partial charge in [0, 0.05) is 6.20 Å². The molecular weight excluding hydrogens is 159 g/mol. The lowest BCUT2D eigenvalue weighted by atomic mass is 10.1. The molecule has 0 aliphatic rings. The average Bonchev–Trinajstić information content (AvgIpc) is 2.05. The molecule has 12 heavy (non-hydrogen) atoms. The average molecular weight is 170 g/mol. The topological polar surface area (TPSA) is 59.1 Å². The Hall–Kier alpha value is -1.00. The van der Waals surface area contributed by atoms with Gasteiger partial charge in [0.05, 0.1) is 0 Å². The van der Waals surface area contributed by atoms with Crippen LogP contribution in [0.15, 0.2) is 18.3 Å². The number of aliphatic hydroxyl groups is 1. The van der Waals surface area contributed by atoms with E-state index in [1.54, 1.807) is 0 Å². The van der Waals surface area contributed by atoms with Crippen molar-refractivity contribution in [1.82, 2.24) is 4.98 Å². The largest absolute Gasteiger partial charge is 0.387 e. The summed E-state index contributed by atoms with van der Waals surface area (Å²) in [5.41, 5.74) is 5.28. The zero-order valence-electron chi connectivity index (χ0n) is 6.57. The van der Waals surface area contributed by atoms with Gasteiger partial charge < -0.3 is 10.8 Å². The predicted molar refractivity (Wildman–Crippen MR) is 42.8 cm³/mol. The summed E-state index contributed by atoms with van der Waals surface area (Å²) in [7, 11) is 0. The van der Waals surface area contributed by atoms with Crippen LogP contribution >= 0.6 is 0 Å². The van der Waals surface area contributed by atoms with E-state index in [1.807, 2.05) is 0 Å². The lowest BCUT2D eigenvalue weighted by molar-refractivity contribution is 0.160. The molecule has 0 aliphatic heterocycles. The first-order chi connectivity index (χ1) is 5.75. The maximum Gasteiger partial charge on any atom is 0.147 e. The molecule has 0 amide bonds. The van der Waals surface area contributed by atoms with Crippen molar-refractivity contribution in [3.8, 4) is 0 Å². The van der Waals surface area contributed by atoms with Crippen LogP contribution in [0.2, 0.25) is 0 Å². The first-order valence-electron chi connectivity index (χ1n) is 3.74. The third-order valence-electron chi connectivity index (χ3n) is 1.54. The molecule has 1 aromatic rings. The zero-order valence-corrected chi connectivity index (χ0v) is 6.57. The molecule has 1 rings (SSSR count). The second-order valence-electron chi connectivity index (χ2n) is 2.46. The van der Waals surface area contributed by atoms with E-state index in [4.69, 9.17) is 5.73 Å². The molecule has 0 fully saturated rings. The molecule has 0 radical (unpaired) electrons. The van der Waals surface area contributed by atoms with E-state index in [0.717, 1.165) is 0 Å². The van der Waals surface area contributed by atoms with Crippen LogP contribution in [0.5, 0.6) is 0 Å². The molecule has 1 heterocycles. The second kappa shape index (κ2) is 4.13. The third kappa shape index (κ3) is 1.99. The summed E-state index contributed by atoms with van der Waals surface area (Å²) in [6.45, 7) is 0.317. The smallest absolute Gasteiger partial charge is 0.147 e. The second-order valence-corrected chi connectivity index (χ2v) is 2.46. The molecule has 3 nitrogen and oxygen atoms in total. The molecule has 3 N–H and O–H groups in total. The summed E-state index contributed by atoms with van der Waals surface area (Å²) < 4.78 is 12.9. The first kappa shape index (κ1) is 9.09. The lowest BCUT2D eigenvalue weighted by Crippen LogP contribution is -2.09. The maximum absolute atomic E-state index is 12.9. The summed E-state index contributed by atoms with van der Waals surface area (Å²) in [6, 6.07) is 2.75. The van der Waals surface area contributed by atoms with Gasteiger partial charge in [0.2, 0.25) is 0 Å². The normalized spacial score (nSPS) is 12.9. The van der Waals surface area contributed by atoms with Crippen molar-refractivity contribution in [2.75, 3.05) is 6.54 Å². The van der Waals surface area contributed by atoms with Crippen molar-refractivity contribution < 1.29 is 9.50 Å². The number of hydrogen-bond donors (Lipinski definition) is 2. The molecule has 0 unspecified atom stereocenters. The molecule has 0 bridgehead atoms. The van der Waals surface area contributed by atoms with Gasteiger partial charge in [-0.1, -0.05) is 0 Å². The lowest BCUT2D eigenvalue weighted by Gasteiger charge is -2.08. The Kier molecular flexibility index (Phi) is 3.13. The monoisotopic (exact) mass is 170 g/mol. The van der Waals surface area contributed by atoms with Gasteiger partial charge in [-0.15, -0.1) is 0 Å². The number of hydrogen-bond acceptors (Lipinski definition) is 3. The Bertz CT molecular complexity index is 255. The van der Waals surface area contributed by atoms with E-state index >= 15 is 0 Å². The SMILES string of the molecule is NCC[C@H](O)c1ncccc1F. The first-order valence-corrected chi connectivity index (χ1v) is 3.74. The van der Waals surface area contributed by atoms with Gasteiger partial charge >= 0.3 is 0 Å². The standard InChI is InChI=1S/C8H11FN2O/c9-6-2-1-5-11-8(6)7(12)3-4-10/h1-2,5,7,12H,3-4,10H2/t7-/m0/s1. The quantitative estimate of drug-likeness (QED) is 0.698. The van der Waals surface area contributed by atoms with Crippen molar-refractivity contribution in [1.29, 1.82) is 0 Å². The highest BCUT2D eigenvalue weighted by Gasteiger charge is 2.11. The van der Waals surface area contributed by atoms with Gasteiger partial charge in [0.15, 0.2) is 0 Å². The zero-order chi connectivity index (χ0) is 8.97. The Balaban J connectivity index is 2.79. The number of pyridine rings is 1. The summed E-state index contributed by atoms with van der Waals surface area (Å²) in [6.07, 6.45) is 0.878. The Labute approximate surface area is 70.0 Å². The van der Waals surface area contributed by atoms with Gasteiger partial charge in [-0.05, 0) is 25.1 Å².